The van der Waals surface area contributed by atoms with Gasteiger partial charge in [-0.3, -0.25) is 29.3 Å². The van der Waals surface area contributed by atoms with Crippen molar-refractivity contribution in [2.75, 3.05) is 0 Å². The van der Waals surface area contributed by atoms with Crippen LogP contribution in [0.25, 0.3) is 34.2 Å². The average Bonchev–Trinajstić information content (AvgIpc) is 3.80. The maximum atomic E-state index is 12.3. The summed E-state index contributed by atoms with van der Waals surface area (Å²) < 4.78 is 24.4. The van der Waals surface area contributed by atoms with Crippen LogP contribution in [0.15, 0.2) is 69.4 Å². The Morgan fingerprint density at radius 1 is 0.481 bits per heavy atom. The first kappa shape index (κ1) is 70.9. The van der Waals surface area contributed by atoms with Crippen molar-refractivity contribution in [2.24, 2.45) is 16.2 Å². The summed E-state index contributed by atoms with van der Waals surface area (Å²) in [5.41, 5.74) is 3.04. The number of aromatic nitrogens is 6. The summed E-state index contributed by atoms with van der Waals surface area (Å²) in [4.78, 5) is 85.0. The van der Waals surface area contributed by atoms with E-state index >= 15 is 0 Å². The SMILES string of the molecule is Cc1[c-]cc2c(n1)-c1cc(=O)c(C(=O)O)cn1C1C(CCC1(C)C)O2.Cc1[c-]cc2c(n1)-c1cc(=O)c(C(=O)O)cn1[C@@H]1[C@@H](CCC1(C)C)O2.Cc1[c-]cc2c(n1)-c1cc(=O)c(C(=O)O)cn1[C@H]1[C@H](CCC1(C)C)O2.[OH-].[OH-].[OH-].[Rb+].[Rb+].[Rb+]. The number of rotatable bonds is 3. The van der Waals surface area contributed by atoms with Gasteiger partial charge >= 0.3 is 192 Å². The minimum absolute atomic E-state index is 0. The van der Waals surface area contributed by atoms with Crippen LogP contribution in [0.4, 0.5) is 0 Å². The van der Waals surface area contributed by atoms with E-state index in [9.17, 15) is 44.1 Å². The molecule has 414 valence electrons. The monoisotopic (exact) mass is 1320 g/mol. The van der Waals surface area contributed by atoms with Crippen molar-refractivity contribution in [2.45, 2.75) is 137 Å². The maximum absolute atomic E-state index is 12.3. The van der Waals surface area contributed by atoms with Crippen molar-refractivity contribution in [3.63, 3.8) is 0 Å². The van der Waals surface area contributed by atoms with Gasteiger partial charge in [-0.15, -0.1) is 0 Å². The first-order chi connectivity index (χ1) is 35.3. The van der Waals surface area contributed by atoms with Gasteiger partial charge in [-0.05, 0) is 92.8 Å². The standard InChI is InChI=1S/3C19H19N2O4.3H2O.3Rb/c3*1-10-4-5-14-16(20-10)12-8-13(22)11(18(23)24)9-21(12)17-15(25-14)6-7-19(17,2)3;;;;;;/h3*5,8-9,15,17H,6-7H2,1-3H3,(H,23,24);3*1H2;;;/q3*-1;;;;3*+1/p-3/t2*15-,17-;;;;;;;/m10......./s1. The molecule has 0 spiro atoms. The third-order valence-corrected chi connectivity index (χ3v) is 15.8. The van der Waals surface area contributed by atoms with Crippen LogP contribution >= 0.6 is 0 Å². The molecule has 3 fully saturated rings. The van der Waals surface area contributed by atoms with E-state index in [-0.39, 0.29) is 260 Å². The molecular formula is C57H60N6O15Rb3-3. The van der Waals surface area contributed by atoms with Crippen LogP contribution in [0.1, 0.15) is 146 Å². The van der Waals surface area contributed by atoms with Gasteiger partial charge in [-0.1, -0.05) is 58.6 Å². The molecule has 6 aromatic rings. The molecule has 3 saturated carbocycles. The van der Waals surface area contributed by atoms with Crippen molar-refractivity contribution in [1.29, 1.82) is 0 Å². The molecule has 6 aromatic heterocycles. The predicted octanol–water partition coefficient (Wildman–Crippen LogP) is -1.00. The molecule has 3 aliphatic carbocycles. The van der Waals surface area contributed by atoms with Crippen LogP contribution in [-0.2, 0) is 0 Å². The summed E-state index contributed by atoms with van der Waals surface area (Å²) in [6, 6.07) is 18.3. The van der Waals surface area contributed by atoms with Gasteiger partial charge in [0.2, 0.25) is 0 Å². The Balaban J connectivity index is 0.000000252. The minimum atomic E-state index is -1.22. The van der Waals surface area contributed by atoms with Gasteiger partial charge in [0.1, 0.15) is 16.7 Å². The van der Waals surface area contributed by atoms with Crippen molar-refractivity contribution >= 4 is 17.9 Å². The molecule has 6 atom stereocenters. The fourth-order valence-corrected chi connectivity index (χ4v) is 12.2. The van der Waals surface area contributed by atoms with Crippen LogP contribution < -0.4 is 205 Å². The second-order valence-corrected chi connectivity index (χ2v) is 22.4. The number of aromatic carboxylic acids is 3. The Kier molecular flexibility index (Phi) is 23.6. The summed E-state index contributed by atoms with van der Waals surface area (Å²) in [6.45, 7) is 18.3. The third-order valence-electron chi connectivity index (χ3n) is 15.8. The van der Waals surface area contributed by atoms with Gasteiger partial charge in [-0.2, -0.15) is 18.2 Å². The molecule has 6 N–H and O–H groups in total. The number of nitrogens with zero attached hydrogens (tertiary/aromatic N) is 6. The van der Waals surface area contributed by atoms with Crippen molar-refractivity contribution in [3.8, 4) is 51.4 Å². The van der Waals surface area contributed by atoms with E-state index in [0.29, 0.717) is 68.5 Å². The van der Waals surface area contributed by atoms with Crippen LogP contribution in [-0.4, -0.2) is 96.6 Å². The number of carbonyl (C=O) groups is 3. The second-order valence-electron chi connectivity index (χ2n) is 22.4. The van der Waals surface area contributed by atoms with Crippen molar-refractivity contribution in [1.82, 2.24) is 28.7 Å². The van der Waals surface area contributed by atoms with Crippen LogP contribution in [0.3, 0.4) is 0 Å². The molecule has 3 aliphatic heterocycles. The molecule has 0 bridgehead atoms. The van der Waals surface area contributed by atoms with Crippen LogP contribution in [0.5, 0.6) is 17.2 Å². The quantitative estimate of drug-likeness (QED) is 0.179. The van der Waals surface area contributed by atoms with Crippen LogP contribution in [0, 0.1) is 55.2 Å². The fraction of sp³-hybridized carbons (Fsp3) is 0.421. The molecule has 0 amide bonds. The summed E-state index contributed by atoms with van der Waals surface area (Å²) in [7, 11) is 0. The number of carboxylic acid groups (broad SMARTS) is 3. The number of pyridine rings is 6. The Labute approximate surface area is 614 Å². The zero-order valence-electron chi connectivity index (χ0n) is 47.4. The molecule has 12 rings (SSSR count). The van der Waals surface area contributed by atoms with E-state index in [1.54, 1.807) is 18.2 Å². The Hall–Kier alpha value is -2.59. The van der Waals surface area contributed by atoms with E-state index in [1.165, 1.54) is 36.8 Å². The molecule has 0 saturated heterocycles. The number of ether oxygens (including phenoxy) is 3. The van der Waals surface area contributed by atoms with Gasteiger partial charge in [0.05, 0.1) is 53.5 Å². The smallest absolute Gasteiger partial charge is 0.870 e. The summed E-state index contributed by atoms with van der Waals surface area (Å²) in [6.07, 6.45) is 9.51. The van der Waals surface area contributed by atoms with E-state index in [2.05, 4.69) is 74.7 Å². The number of hydrogen-bond acceptors (Lipinski definition) is 15. The van der Waals surface area contributed by atoms with Crippen LogP contribution in [0.2, 0.25) is 0 Å². The number of carboxylic acids is 3. The number of hydrogen-bond donors (Lipinski definition) is 3. The molecular weight excluding hydrogens is 1270 g/mol. The minimum Gasteiger partial charge on any atom is -0.870 e. The predicted molar refractivity (Wildman–Crippen MR) is 279 cm³/mol. The largest absolute Gasteiger partial charge is 1.00 e. The van der Waals surface area contributed by atoms with Gasteiger partial charge < -0.3 is 59.7 Å². The zero-order valence-corrected chi connectivity index (χ0v) is 62.2. The molecule has 2 unspecified atom stereocenters. The second kappa shape index (κ2) is 27.0. The molecule has 24 heteroatoms. The molecule has 9 heterocycles. The summed E-state index contributed by atoms with van der Waals surface area (Å²) in [5, 5.41) is 28.1. The zero-order chi connectivity index (χ0) is 53.8. The molecule has 21 nitrogen and oxygen atoms in total. The number of aryl methyl sites for hydroxylation is 3. The number of fused-ring (bicyclic) bond motifs is 15. The molecule has 0 radical (unpaired) electrons. The van der Waals surface area contributed by atoms with E-state index in [0.717, 1.165) is 38.5 Å². The van der Waals surface area contributed by atoms with E-state index < -0.39 is 34.2 Å². The Bertz CT molecular complexity index is 3230. The first-order valence-corrected chi connectivity index (χ1v) is 25.0. The van der Waals surface area contributed by atoms with Crippen molar-refractivity contribution < 1.29 is 235 Å². The fourth-order valence-electron chi connectivity index (χ4n) is 12.2. The van der Waals surface area contributed by atoms with Gasteiger partial charge in [0, 0.05) is 53.9 Å². The van der Waals surface area contributed by atoms with E-state index in [4.69, 9.17) is 14.2 Å². The molecule has 0 aromatic carbocycles. The first-order valence-electron chi connectivity index (χ1n) is 25.0. The van der Waals surface area contributed by atoms with Gasteiger partial charge in [0.15, 0.2) is 16.3 Å². The molecule has 81 heavy (non-hydrogen) atoms. The average molecular weight is 1330 g/mol. The normalized spacial score (nSPS) is 21.3. The Morgan fingerprint density at radius 3 is 0.938 bits per heavy atom. The van der Waals surface area contributed by atoms with Crippen molar-refractivity contribution in [3.05, 3.63) is 138 Å². The summed E-state index contributed by atoms with van der Waals surface area (Å²) >= 11 is 0. The van der Waals surface area contributed by atoms with Gasteiger partial charge in [0.25, 0.3) is 0 Å². The Morgan fingerprint density at radius 2 is 0.716 bits per heavy atom. The third kappa shape index (κ3) is 13.5. The summed E-state index contributed by atoms with van der Waals surface area (Å²) in [5.74, 6) is -1.89. The van der Waals surface area contributed by atoms with Gasteiger partial charge in [-0.25, -0.2) is 32.6 Å². The topological polar surface area (TPSA) is 334 Å². The maximum Gasteiger partial charge on any atom is 1.00 e. The molecule has 6 aliphatic rings. The van der Waals surface area contributed by atoms with E-state index in [1.807, 2.05) is 34.5 Å².